The molecule has 1 atom stereocenters. The molecule has 0 unspecified atom stereocenters. The van der Waals surface area contributed by atoms with E-state index in [9.17, 15) is 14.4 Å². The first-order valence-electron chi connectivity index (χ1n) is 11.2. The molecule has 3 aromatic rings. The van der Waals surface area contributed by atoms with E-state index >= 15 is 0 Å². The lowest BCUT2D eigenvalue weighted by Gasteiger charge is -2.43. The Labute approximate surface area is 198 Å². The van der Waals surface area contributed by atoms with Crippen LogP contribution in [0.4, 0.5) is 5.69 Å². The van der Waals surface area contributed by atoms with Crippen LogP contribution in [0.2, 0.25) is 0 Å². The highest BCUT2D eigenvalue weighted by atomic mass is 16.5. The molecule has 2 aromatic carbocycles. The zero-order valence-electron chi connectivity index (χ0n) is 19.8. The maximum atomic E-state index is 13.7. The highest BCUT2D eigenvalue weighted by molar-refractivity contribution is 6.12. The van der Waals surface area contributed by atoms with Gasteiger partial charge in [-0.2, -0.15) is 5.10 Å². The van der Waals surface area contributed by atoms with Crippen LogP contribution in [-0.2, 0) is 22.6 Å². The Bertz CT molecular complexity index is 1250. The maximum absolute atomic E-state index is 13.7. The van der Waals surface area contributed by atoms with Crippen LogP contribution in [0.3, 0.4) is 0 Å². The van der Waals surface area contributed by atoms with Crippen LogP contribution in [0.15, 0.2) is 54.6 Å². The molecule has 176 valence electrons. The second-order valence-electron chi connectivity index (χ2n) is 8.64. The van der Waals surface area contributed by atoms with Crippen molar-refractivity contribution in [3.63, 3.8) is 0 Å². The minimum absolute atomic E-state index is 0.0409. The van der Waals surface area contributed by atoms with Crippen molar-refractivity contribution in [3.8, 4) is 0 Å². The van der Waals surface area contributed by atoms with E-state index in [0.717, 1.165) is 16.7 Å². The smallest absolute Gasteiger partial charge is 0.358 e. The Morgan fingerprint density at radius 1 is 1.09 bits per heavy atom. The maximum Gasteiger partial charge on any atom is 0.358 e. The molecule has 0 spiro atoms. The molecule has 0 bridgehead atoms. The average Bonchev–Trinajstić information content (AvgIpc) is 3.25. The van der Waals surface area contributed by atoms with Gasteiger partial charge in [0.15, 0.2) is 5.69 Å². The van der Waals surface area contributed by atoms with Gasteiger partial charge < -0.3 is 10.1 Å². The van der Waals surface area contributed by atoms with Gasteiger partial charge in [0.2, 0.25) is 5.91 Å². The van der Waals surface area contributed by atoms with Crippen molar-refractivity contribution in [1.29, 1.82) is 0 Å². The number of anilines is 1. The first-order chi connectivity index (χ1) is 16.2. The zero-order valence-corrected chi connectivity index (χ0v) is 19.8. The van der Waals surface area contributed by atoms with Gasteiger partial charge in [-0.05, 0) is 56.5 Å². The van der Waals surface area contributed by atoms with E-state index in [1.165, 1.54) is 15.6 Å². The summed E-state index contributed by atoms with van der Waals surface area (Å²) in [5, 5.41) is 7.26. The third kappa shape index (κ3) is 4.19. The van der Waals surface area contributed by atoms with E-state index in [4.69, 9.17) is 4.74 Å². The van der Waals surface area contributed by atoms with E-state index in [1.54, 1.807) is 13.8 Å². The van der Waals surface area contributed by atoms with Gasteiger partial charge in [-0.3, -0.25) is 19.2 Å². The molecule has 2 amide bonds. The molecule has 0 radical (unpaired) electrons. The molecule has 4 rings (SSSR count). The average molecular weight is 461 g/mol. The number of rotatable bonds is 6. The lowest BCUT2D eigenvalue weighted by Crippen LogP contribution is -2.64. The fourth-order valence-electron chi connectivity index (χ4n) is 4.12. The Kier molecular flexibility index (Phi) is 6.24. The van der Waals surface area contributed by atoms with E-state index in [0.29, 0.717) is 12.2 Å². The molecule has 34 heavy (non-hydrogen) atoms. The number of hydrogen-bond acceptors (Lipinski definition) is 5. The van der Waals surface area contributed by atoms with Crippen molar-refractivity contribution in [1.82, 2.24) is 15.1 Å². The summed E-state index contributed by atoms with van der Waals surface area (Å²) in [7, 11) is 0. The fraction of sp³-hybridized carbons (Fsp3) is 0.308. The molecule has 1 N–H and O–H groups in total. The lowest BCUT2D eigenvalue weighted by molar-refractivity contribution is -0.126. The highest BCUT2D eigenvalue weighted by Gasteiger charge is 2.49. The van der Waals surface area contributed by atoms with E-state index in [2.05, 4.69) is 10.4 Å². The van der Waals surface area contributed by atoms with Crippen molar-refractivity contribution in [2.45, 2.75) is 46.3 Å². The summed E-state index contributed by atoms with van der Waals surface area (Å²) >= 11 is 0. The molecule has 1 aliphatic rings. The van der Waals surface area contributed by atoms with Crippen LogP contribution in [0.1, 0.15) is 51.5 Å². The lowest BCUT2D eigenvalue weighted by atomic mass is 9.93. The van der Waals surface area contributed by atoms with Crippen molar-refractivity contribution < 1.29 is 19.1 Å². The summed E-state index contributed by atoms with van der Waals surface area (Å²) in [6.45, 7) is 7.98. The standard InChI is InChI=1S/C26H28N4O4/c1-5-34-24(32)21-14-22-23(31)30(20-12-11-17(2)18(3)13-20)26(4,16-29(22)28-21)25(33)27-15-19-9-7-6-8-10-19/h6-14H,5,15-16H2,1-4H3,(H,27,33)/t26-/m0/s1. The number of carbonyl (C=O) groups is 3. The van der Waals surface area contributed by atoms with E-state index < -0.39 is 17.4 Å². The van der Waals surface area contributed by atoms with Crippen LogP contribution in [0.5, 0.6) is 0 Å². The number of ether oxygens (including phenoxy) is 1. The van der Waals surface area contributed by atoms with Crippen molar-refractivity contribution in [2.75, 3.05) is 11.5 Å². The predicted molar refractivity (Wildman–Crippen MR) is 128 cm³/mol. The fourth-order valence-corrected chi connectivity index (χ4v) is 4.12. The van der Waals surface area contributed by atoms with E-state index in [-0.39, 0.29) is 30.4 Å². The molecule has 0 fully saturated rings. The minimum atomic E-state index is -1.28. The second-order valence-corrected chi connectivity index (χ2v) is 8.64. The van der Waals surface area contributed by atoms with Crippen LogP contribution >= 0.6 is 0 Å². The summed E-state index contributed by atoms with van der Waals surface area (Å²) in [6, 6.07) is 16.7. The number of fused-ring (bicyclic) bond motifs is 1. The molecular weight excluding hydrogens is 432 g/mol. The number of hydrogen-bond donors (Lipinski definition) is 1. The van der Waals surface area contributed by atoms with Crippen LogP contribution in [-0.4, -0.2) is 39.7 Å². The van der Waals surface area contributed by atoms with Crippen LogP contribution in [0, 0.1) is 13.8 Å². The largest absolute Gasteiger partial charge is 0.461 e. The second kappa shape index (κ2) is 9.13. The monoisotopic (exact) mass is 460 g/mol. The van der Waals surface area contributed by atoms with Crippen LogP contribution in [0.25, 0.3) is 0 Å². The SMILES string of the molecule is CCOC(=O)c1cc2n(n1)C[C@@](C)(C(=O)NCc1ccccc1)N(c1ccc(C)c(C)c1)C2=O. The molecule has 1 aromatic heterocycles. The summed E-state index contributed by atoms with van der Waals surface area (Å²) in [5.41, 5.74) is 2.63. The van der Waals surface area contributed by atoms with Crippen molar-refractivity contribution in [3.05, 3.63) is 82.7 Å². The summed E-state index contributed by atoms with van der Waals surface area (Å²) in [5.74, 6) is -1.33. The number of carbonyl (C=O) groups excluding carboxylic acids is 3. The van der Waals surface area contributed by atoms with Gasteiger partial charge in [0.1, 0.15) is 11.2 Å². The summed E-state index contributed by atoms with van der Waals surface area (Å²) in [4.78, 5) is 41.1. The Hall–Kier alpha value is -3.94. The van der Waals surface area contributed by atoms with Gasteiger partial charge in [0, 0.05) is 18.3 Å². The number of nitrogens with one attached hydrogen (secondary N) is 1. The molecule has 8 nitrogen and oxygen atoms in total. The first kappa shape index (κ1) is 23.2. The normalized spacial score (nSPS) is 17.3. The molecule has 0 aliphatic carbocycles. The number of aryl methyl sites for hydroxylation is 2. The number of amides is 2. The molecule has 0 saturated carbocycles. The Morgan fingerprint density at radius 3 is 2.50 bits per heavy atom. The first-order valence-corrected chi connectivity index (χ1v) is 11.2. The van der Waals surface area contributed by atoms with Crippen LogP contribution < -0.4 is 10.2 Å². The minimum Gasteiger partial charge on any atom is -0.461 e. The van der Waals surface area contributed by atoms with Gasteiger partial charge in [0.25, 0.3) is 5.91 Å². The number of nitrogens with zero attached hydrogens (tertiary/aromatic N) is 3. The van der Waals surface area contributed by atoms with Gasteiger partial charge in [0.05, 0.1) is 13.2 Å². The number of aromatic nitrogens is 2. The van der Waals surface area contributed by atoms with Crippen molar-refractivity contribution >= 4 is 23.5 Å². The van der Waals surface area contributed by atoms with Gasteiger partial charge in [-0.25, -0.2) is 4.79 Å². The van der Waals surface area contributed by atoms with Crippen molar-refractivity contribution in [2.24, 2.45) is 0 Å². The quantitative estimate of drug-likeness (QED) is 0.569. The topological polar surface area (TPSA) is 93.5 Å². The summed E-state index contributed by atoms with van der Waals surface area (Å²) in [6.07, 6.45) is 0. The summed E-state index contributed by atoms with van der Waals surface area (Å²) < 4.78 is 6.47. The van der Waals surface area contributed by atoms with E-state index in [1.807, 2.05) is 62.4 Å². The molecular formula is C26H28N4O4. The molecule has 1 aliphatic heterocycles. The number of esters is 1. The zero-order chi connectivity index (χ0) is 24.5. The Morgan fingerprint density at radius 2 is 1.82 bits per heavy atom. The third-order valence-corrected chi connectivity index (χ3v) is 6.17. The molecule has 8 heteroatoms. The third-order valence-electron chi connectivity index (χ3n) is 6.17. The van der Waals surface area contributed by atoms with Gasteiger partial charge in [-0.15, -0.1) is 0 Å². The van der Waals surface area contributed by atoms with Gasteiger partial charge in [-0.1, -0.05) is 36.4 Å². The Balaban J connectivity index is 1.75. The highest BCUT2D eigenvalue weighted by Crippen LogP contribution is 2.34. The predicted octanol–water partition coefficient (Wildman–Crippen LogP) is 3.41. The number of benzene rings is 2. The molecule has 0 saturated heterocycles. The molecule has 2 heterocycles. The van der Waals surface area contributed by atoms with Gasteiger partial charge >= 0.3 is 5.97 Å².